The van der Waals surface area contributed by atoms with Crippen molar-refractivity contribution in [3.63, 3.8) is 0 Å². The molecule has 1 N–H and O–H groups in total. The molecule has 0 fully saturated rings. The predicted octanol–water partition coefficient (Wildman–Crippen LogP) is 1.28. The minimum Gasteiger partial charge on any atom is -0.342 e. The molecule has 0 spiro atoms. The number of fused-ring (bicyclic) bond motifs is 1. The van der Waals surface area contributed by atoms with Gasteiger partial charge in [-0.1, -0.05) is 6.07 Å². The van der Waals surface area contributed by atoms with Gasteiger partial charge in [-0.25, -0.2) is 0 Å². The summed E-state index contributed by atoms with van der Waals surface area (Å²) in [5.41, 5.74) is 1.67. The molecular formula is C11H15N3O2S. The van der Waals surface area contributed by atoms with Gasteiger partial charge < -0.3 is 10.2 Å². The van der Waals surface area contributed by atoms with Crippen molar-refractivity contribution in [1.82, 2.24) is 4.90 Å². The first-order valence-corrected chi connectivity index (χ1v) is 6.69. The molecule has 1 aliphatic rings. The van der Waals surface area contributed by atoms with Crippen molar-refractivity contribution in [3.05, 3.63) is 23.8 Å². The van der Waals surface area contributed by atoms with E-state index in [4.69, 9.17) is 0 Å². The fraction of sp³-hybridized carbons (Fsp3) is 0.364. The van der Waals surface area contributed by atoms with Gasteiger partial charge in [0.15, 0.2) is 0 Å². The maximum Gasteiger partial charge on any atom is 0.286 e. The molecular weight excluding hydrogens is 238 g/mol. The van der Waals surface area contributed by atoms with Gasteiger partial charge in [0.2, 0.25) is 0 Å². The first kappa shape index (κ1) is 12.1. The van der Waals surface area contributed by atoms with Crippen LogP contribution in [0.25, 0.3) is 0 Å². The minimum atomic E-state index is -3.52. The number of nitrogens with one attached hydrogen (secondary N) is 1. The zero-order valence-electron chi connectivity index (χ0n) is 10.1. The standard InChI is InChI=1S/C11H15N3O2S/c1-8-12-10-6-9(7-14(2)3)4-5-11(10)17(15,16)13-8/h4-6H,7H2,1-3H3,(H,12,13). The number of anilines is 1. The highest BCUT2D eigenvalue weighted by Crippen LogP contribution is 2.28. The van der Waals surface area contributed by atoms with Gasteiger partial charge in [0.25, 0.3) is 10.0 Å². The van der Waals surface area contributed by atoms with Crippen LogP contribution in [-0.2, 0) is 16.6 Å². The quantitative estimate of drug-likeness (QED) is 0.862. The Hall–Kier alpha value is -1.40. The van der Waals surface area contributed by atoms with Crippen LogP contribution in [0.3, 0.4) is 0 Å². The second kappa shape index (κ2) is 4.12. The van der Waals surface area contributed by atoms with Gasteiger partial charge >= 0.3 is 0 Å². The topological polar surface area (TPSA) is 61.8 Å². The Balaban J connectivity index is 2.46. The highest BCUT2D eigenvalue weighted by molar-refractivity contribution is 7.90. The van der Waals surface area contributed by atoms with E-state index in [-0.39, 0.29) is 4.90 Å². The Morgan fingerprint density at radius 1 is 1.35 bits per heavy atom. The lowest BCUT2D eigenvalue weighted by Crippen LogP contribution is -2.19. The van der Waals surface area contributed by atoms with E-state index >= 15 is 0 Å². The Labute approximate surface area is 101 Å². The minimum absolute atomic E-state index is 0.241. The fourth-order valence-corrected chi connectivity index (χ4v) is 2.94. The molecule has 1 aromatic carbocycles. The third kappa shape index (κ3) is 2.48. The van der Waals surface area contributed by atoms with Gasteiger partial charge in [-0.15, -0.1) is 4.40 Å². The van der Waals surface area contributed by atoms with E-state index in [0.29, 0.717) is 11.5 Å². The fourth-order valence-electron chi connectivity index (χ4n) is 1.81. The lowest BCUT2D eigenvalue weighted by molar-refractivity contribution is 0.402. The van der Waals surface area contributed by atoms with E-state index in [1.807, 2.05) is 31.1 Å². The maximum atomic E-state index is 11.8. The summed E-state index contributed by atoms with van der Waals surface area (Å²) in [6.45, 7) is 2.41. The summed E-state index contributed by atoms with van der Waals surface area (Å²) in [7, 11) is 0.413. The summed E-state index contributed by atoms with van der Waals surface area (Å²) in [5.74, 6) is 0.402. The Bertz CT molecular complexity index is 576. The molecule has 17 heavy (non-hydrogen) atoms. The van der Waals surface area contributed by atoms with Crippen LogP contribution in [0.4, 0.5) is 5.69 Å². The zero-order valence-corrected chi connectivity index (χ0v) is 10.9. The SMILES string of the molecule is CC1=NS(=O)(=O)c2ccc(CN(C)C)cc2N1. The highest BCUT2D eigenvalue weighted by Gasteiger charge is 2.23. The number of benzene rings is 1. The van der Waals surface area contributed by atoms with Crippen LogP contribution < -0.4 is 5.32 Å². The predicted molar refractivity (Wildman–Crippen MR) is 67.8 cm³/mol. The molecule has 1 aliphatic heterocycles. The van der Waals surface area contributed by atoms with Crippen LogP contribution in [-0.4, -0.2) is 33.2 Å². The molecule has 0 atom stereocenters. The molecule has 0 amide bonds. The van der Waals surface area contributed by atoms with Crippen LogP contribution in [0.2, 0.25) is 0 Å². The van der Waals surface area contributed by atoms with Crippen LogP contribution in [0.5, 0.6) is 0 Å². The van der Waals surface area contributed by atoms with Gasteiger partial charge in [0, 0.05) is 6.54 Å². The smallest absolute Gasteiger partial charge is 0.286 e. The summed E-state index contributed by atoms with van der Waals surface area (Å²) in [5, 5.41) is 2.98. The van der Waals surface area contributed by atoms with Crippen LogP contribution in [0, 0.1) is 0 Å². The van der Waals surface area contributed by atoms with Crippen molar-refractivity contribution < 1.29 is 8.42 Å². The normalized spacial score (nSPS) is 17.3. The summed E-state index contributed by atoms with van der Waals surface area (Å²) in [6.07, 6.45) is 0. The first-order valence-electron chi connectivity index (χ1n) is 5.25. The highest BCUT2D eigenvalue weighted by atomic mass is 32.2. The van der Waals surface area contributed by atoms with Gasteiger partial charge in [-0.05, 0) is 38.7 Å². The van der Waals surface area contributed by atoms with E-state index in [1.165, 1.54) is 0 Å². The van der Waals surface area contributed by atoms with E-state index < -0.39 is 10.0 Å². The molecule has 0 saturated heterocycles. The maximum absolute atomic E-state index is 11.8. The lowest BCUT2D eigenvalue weighted by atomic mass is 10.2. The summed E-state index contributed by atoms with van der Waals surface area (Å²) in [6, 6.07) is 5.27. The monoisotopic (exact) mass is 253 g/mol. The average molecular weight is 253 g/mol. The summed E-state index contributed by atoms with van der Waals surface area (Å²) >= 11 is 0. The van der Waals surface area contributed by atoms with Gasteiger partial charge in [-0.2, -0.15) is 8.42 Å². The average Bonchev–Trinajstić information content (AvgIpc) is 2.13. The molecule has 0 aromatic heterocycles. The van der Waals surface area contributed by atoms with Crippen molar-refractivity contribution in [1.29, 1.82) is 0 Å². The van der Waals surface area contributed by atoms with E-state index in [9.17, 15) is 8.42 Å². The summed E-state index contributed by atoms with van der Waals surface area (Å²) in [4.78, 5) is 2.27. The molecule has 0 saturated carbocycles. The van der Waals surface area contributed by atoms with E-state index in [2.05, 4.69) is 9.71 Å². The summed E-state index contributed by atoms with van der Waals surface area (Å²) < 4.78 is 27.2. The van der Waals surface area contributed by atoms with E-state index in [0.717, 1.165) is 12.1 Å². The van der Waals surface area contributed by atoms with E-state index in [1.54, 1.807) is 13.0 Å². The zero-order chi connectivity index (χ0) is 12.6. The molecule has 1 heterocycles. The van der Waals surface area contributed by atoms with Crippen molar-refractivity contribution in [2.75, 3.05) is 19.4 Å². The van der Waals surface area contributed by atoms with Crippen molar-refractivity contribution >= 4 is 21.5 Å². The third-order valence-corrected chi connectivity index (χ3v) is 3.82. The number of amidine groups is 1. The van der Waals surface area contributed by atoms with Crippen LogP contribution >= 0.6 is 0 Å². The van der Waals surface area contributed by atoms with Gasteiger partial charge in [0.1, 0.15) is 10.7 Å². The third-order valence-electron chi connectivity index (χ3n) is 2.39. The Morgan fingerprint density at radius 3 is 2.71 bits per heavy atom. The first-order chi connectivity index (χ1) is 7.88. The second-order valence-electron chi connectivity index (χ2n) is 4.35. The Morgan fingerprint density at radius 2 is 2.06 bits per heavy atom. The second-order valence-corrected chi connectivity index (χ2v) is 5.92. The molecule has 0 unspecified atom stereocenters. The molecule has 0 aliphatic carbocycles. The number of rotatable bonds is 2. The number of nitrogens with zero attached hydrogens (tertiary/aromatic N) is 2. The molecule has 92 valence electrons. The van der Waals surface area contributed by atoms with Crippen LogP contribution in [0.15, 0.2) is 27.5 Å². The van der Waals surface area contributed by atoms with Gasteiger partial charge in [0.05, 0.1) is 5.69 Å². The Kier molecular flexibility index (Phi) is 2.92. The molecule has 1 aromatic rings. The molecule has 6 heteroatoms. The molecule has 2 rings (SSSR count). The number of sulfonamides is 1. The molecule has 0 radical (unpaired) electrons. The number of hydrogen-bond acceptors (Lipinski definition) is 4. The molecule has 0 bridgehead atoms. The van der Waals surface area contributed by atoms with Crippen molar-refractivity contribution in [2.24, 2.45) is 4.40 Å². The van der Waals surface area contributed by atoms with Crippen molar-refractivity contribution in [3.8, 4) is 0 Å². The van der Waals surface area contributed by atoms with Crippen LogP contribution in [0.1, 0.15) is 12.5 Å². The molecule has 5 nitrogen and oxygen atoms in total. The van der Waals surface area contributed by atoms with Crippen molar-refractivity contribution in [2.45, 2.75) is 18.4 Å². The largest absolute Gasteiger partial charge is 0.342 e. The number of hydrogen-bond donors (Lipinski definition) is 1. The lowest BCUT2D eigenvalue weighted by Gasteiger charge is -2.18. The van der Waals surface area contributed by atoms with Gasteiger partial charge in [-0.3, -0.25) is 0 Å².